The number of amides is 2. The van der Waals surface area contributed by atoms with Gasteiger partial charge in [-0.15, -0.1) is 0 Å². The van der Waals surface area contributed by atoms with Crippen LogP contribution in [0.2, 0.25) is 0 Å². The van der Waals surface area contributed by atoms with Gasteiger partial charge in [0.05, 0.1) is 18.8 Å². The predicted octanol–water partition coefficient (Wildman–Crippen LogP) is 6.02. The Kier molecular flexibility index (Phi) is 11.0. The van der Waals surface area contributed by atoms with Gasteiger partial charge in [-0.25, -0.2) is 4.79 Å². The maximum absolute atomic E-state index is 11.9. The first kappa shape index (κ1) is 32.7. The molecule has 0 bridgehead atoms. The van der Waals surface area contributed by atoms with E-state index in [1.54, 1.807) is 0 Å². The molecule has 246 valence electrons. The lowest BCUT2D eigenvalue weighted by Crippen LogP contribution is -2.48. The molecule has 2 amide bonds. The molecule has 3 saturated heterocycles. The number of aliphatic hydroxyl groups is 1. The van der Waals surface area contributed by atoms with Gasteiger partial charge in [-0.2, -0.15) is 0 Å². The second-order valence-electron chi connectivity index (χ2n) is 13.2. The van der Waals surface area contributed by atoms with Gasteiger partial charge in [0.1, 0.15) is 0 Å². The number of benzene rings is 3. The van der Waals surface area contributed by atoms with Gasteiger partial charge < -0.3 is 30.1 Å². The number of nitrogens with zero attached hydrogens (tertiary/aromatic N) is 2. The van der Waals surface area contributed by atoms with E-state index in [9.17, 15) is 9.90 Å². The van der Waals surface area contributed by atoms with Gasteiger partial charge >= 0.3 is 6.03 Å². The van der Waals surface area contributed by atoms with Crippen LogP contribution >= 0.6 is 0 Å². The number of carbonyl (C=O) groups excluding carboxylic acids is 1. The van der Waals surface area contributed by atoms with E-state index in [1.807, 2.05) is 31.2 Å². The predicted molar refractivity (Wildman–Crippen MR) is 181 cm³/mol. The maximum Gasteiger partial charge on any atom is 0.315 e. The van der Waals surface area contributed by atoms with Crippen molar-refractivity contribution in [3.05, 3.63) is 95.1 Å². The molecule has 46 heavy (non-hydrogen) atoms. The highest BCUT2D eigenvalue weighted by atomic mass is 16.7. The number of carbonyl (C=O) groups is 1. The van der Waals surface area contributed by atoms with Crippen LogP contribution in [-0.4, -0.2) is 72.4 Å². The van der Waals surface area contributed by atoms with Crippen LogP contribution in [0.1, 0.15) is 74.2 Å². The average molecular weight is 627 g/mol. The summed E-state index contributed by atoms with van der Waals surface area (Å²) < 4.78 is 13.6. The van der Waals surface area contributed by atoms with Crippen LogP contribution in [0.5, 0.6) is 0 Å². The largest absolute Gasteiger partial charge is 0.392 e. The van der Waals surface area contributed by atoms with Crippen molar-refractivity contribution < 1.29 is 19.4 Å². The number of hydrogen-bond acceptors (Lipinski definition) is 6. The molecule has 8 heteroatoms. The van der Waals surface area contributed by atoms with E-state index in [4.69, 9.17) is 9.47 Å². The fourth-order valence-electron chi connectivity index (χ4n) is 7.26. The molecule has 0 saturated carbocycles. The summed E-state index contributed by atoms with van der Waals surface area (Å²) in [5.74, 6) is 0.166. The van der Waals surface area contributed by atoms with Gasteiger partial charge in [0, 0.05) is 43.7 Å². The summed E-state index contributed by atoms with van der Waals surface area (Å²) >= 11 is 0. The number of aliphatic hydroxyl groups excluding tert-OH is 1. The smallest absolute Gasteiger partial charge is 0.315 e. The Balaban J connectivity index is 1.19. The molecule has 0 aromatic heterocycles. The highest BCUT2D eigenvalue weighted by Crippen LogP contribution is 2.42. The molecule has 3 aliphatic heterocycles. The van der Waals surface area contributed by atoms with Crippen LogP contribution in [0.25, 0.3) is 11.1 Å². The van der Waals surface area contributed by atoms with E-state index in [0.717, 1.165) is 53.0 Å². The summed E-state index contributed by atoms with van der Waals surface area (Å²) in [7, 11) is 0. The summed E-state index contributed by atoms with van der Waals surface area (Å²) in [5.41, 5.74) is 6.26. The van der Waals surface area contributed by atoms with Gasteiger partial charge in [0.2, 0.25) is 0 Å². The third kappa shape index (κ3) is 7.99. The number of ether oxygens (including phenoxy) is 2. The third-order valence-corrected chi connectivity index (χ3v) is 9.94. The van der Waals surface area contributed by atoms with Crippen LogP contribution in [0, 0.1) is 5.92 Å². The van der Waals surface area contributed by atoms with Crippen molar-refractivity contribution in [2.24, 2.45) is 5.92 Å². The molecule has 3 aromatic carbocycles. The Hall–Kier alpha value is -3.27. The molecule has 8 nitrogen and oxygen atoms in total. The van der Waals surface area contributed by atoms with E-state index in [2.05, 4.69) is 75.9 Å². The van der Waals surface area contributed by atoms with E-state index in [-0.39, 0.29) is 30.8 Å². The Morgan fingerprint density at radius 2 is 1.61 bits per heavy atom. The van der Waals surface area contributed by atoms with Crippen LogP contribution in [0.3, 0.4) is 0 Å². The molecule has 0 unspecified atom stereocenters. The van der Waals surface area contributed by atoms with Crippen molar-refractivity contribution in [3.8, 4) is 11.1 Å². The van der Waals surface area contributed by atoms with Crippen LogP contribution < -0.4 is 10.6 Å². The number of urea groups is 1. The first-order valence-corrected chi connectivity index (χ1v) is 17.2. The number of hydrogen-bond donors (Lipinski definition) is 3. The number of nitrogens with one attached hydrogen (secondary N) is 2. The fourth-order valence-corrected chi connectivity index (χ4v) is 7.26. The molecule has 0 aliphatic carbocycles. The molecule has 5 atom stereocenters. The minimum atomic E-state index is -0.481. The van der Waals surface area contributed by atoms with Crippen molar-refractivity contribution in [2.45, 2.75) is 77.2 Å². The molecular formula is C38H50N4O4. The second kappa shape index (κ2) is 15.5. The standard InChI is InChI=1S/C38H50N4O4/c1-3-39-38(44)40-23-29-8-6-9-33(22-29)30-15-17-32(18-16-30)37-45-35(25-42-21-7-10-34(42)24-41-19-4-5-20-41)27(2)36(46-37)31-13-11-28(26-43)12-14-31/h6,8-9,11-18,22,27,34-37,43H,3-5,7,10,19-21,23-26H2,1-2H3,(H2,39,40,44)/t27-,34-,35+,36+,37+/m0/s1. The van der Waals surface area contributed by atoms with Gasteiger partial charge in [-0.1, -0.05) is 73.7 Å². The van der Waals surface area contributed by atoms with E-state index >= 15 is 0 Å². The van der Waals surface area contributed by atoms with Crippen LogP contribution in [-0.2, 0) is 22.6 Å². The molecule has 3 aromatic rings. The lowest BCUT2D eigenvalue weighted by Gasteiger charge is -2.43. The van der Waals surface area contributed by atoms with E-state index in [1.165, 1.54) is 38.8 Å². The molecular weight excluding hydrogens is 576 g/mol. The molecule has 3 fully saturated rings. The maximum atomic E-state index is 11.9. The van der Waals surface area contributed by atoms with Crippen LogP contribution in [0.4, 0.5) is 4.79 Å². The molecule has 6 rings (SSSR count). The van der Waals surface area contributed by atoms with Gasteiger partial charge in [0.25, 0.3) is 0 Å². The first-order valence-electron chi connectivity index (χ1n) is 17.2. The molecule has 0 radical (unpaired) electrons. The minimum absolute atomic E-state index is 0.0224. The van der Waals surface area contributed by atoms with Crippen molar-refractivity contribution in [1.82, 2.24) is 20.4 Å². The van der Waals surface area contributed by atoms with Gasteiger partial charge in [-0.05, 0) is 86.1 Å². The minimum Gasteiger partial charge on any atom is -0.392 e. The Bertz CT molecular complexity index is 1410. The highest BCUT2D eigenvalue weighted by Gasteiger charge is 2.40. The van der Waals surface area contributed by atoms with Crippen molar-refractivity contribution in [3.63, 3.8) is 0 Å². The van der Waals surface area contributed by atoms with Crippen molar-refractivity contribution in [2.75, 3.05) is 39.3 Å². The number of rotatable bonds is 11. The third-order valence-electron chi connectivity index (χ3n) is 9.94. The van der Waals surface area contributed by atoms with Gasteiger partial charge in [-0.3, -0.25) is 4.90 Å². The topological polar surface area (TPSA) is 86.3 Å². The summed E-state index contributed by atoms with van der Waals surface area (Å²) in [5, 5.41) is 15.3. The van der Waals surface area contributed by atoms with Crippen molar-refractivity contribution >= 4 is 6.03 Å². The Morgan fingerprint density at radius 1 is 0.848 bits per heavy atom. The fraction of sp³-hybridized carbons (Fsp3) is 0.500. The van der Waals surface area contributed by atoms with Gasteiger partial charge in [0.15, 0.2) is 6.29 Å². The summed E-state index contributed by atoms with van der Waals surface area (Å²) in [4.78, 5) is 17.2. The van der Waals surface area contributed by atoms with Crippen molar-refractivity contribution in [1.29, 1.82) is 0 Å². The zero-order valence-corrected chi connectivity index (χ0v) is 27.4. The Morgan fingerprint density at radius 3 is 2.35 bits per heavy atom. The average Bonchev–Trinajstić information content (AvgIpc) is 3.77. The summed E-state index contributed by atoms with van der Waals surface area (Å²) in [6.07, 6.45) is 4.57. The molecule has 3 aliphatic rings. The van der Waals surface area contributed by atoms with Crippen LogP contribution in [0.15, 0.2) is 72.8 Å². The lowest BCUT2D eigenvalue weighted by atomic mass is 9.89. The molecule has 0 spiro atoms. The zero-order chi connectivity index (χ0) is 31.9. The molecule has 3 N–H and O–H groups in total. The summed E-state index contributed by atoms with van der Waals surface area (Å²) in [6.45, 7) is 10.9. The van der Waals surface area contributed by atoms with E-state index in [0.29, 0.717) is 19.1 Å². The number of likely N-dealkylation sites (tertiary alicyclic amines) is 2. The zero-order valence-electron chi connectivity index (χ0n) is 27.4. The quantitative estimate of drug-likeness (QED) is 0.242. The lowest BCUT2D eigenvalue weighted by molar-refractivity contribution is -0.276. The highest BCUT2D eigenvalue weighted by molar-refractivity contribution is 5.73. The monoisotopic (exact) mass is 626 g/mol. The normalized spacial score (nSPS) is 25.5. The Labute approximate surface area is 274 Å². The molecule has 3 heterocycles. The first-order chi connectivity index (χ1) is 22.5. The SMILES string of the molecule is CCNC(=O)NCc1cccc(-c2ccc([C@@H]3O[C@H](CN4CCC[C@H]4CN4CCCC4)[C@H](C)[C@H](c4ccc(CO)cc4)O3)cc2)c1. The second-order valence-corrected chi connectivity index (χ2v) is 13.2. The summed E-state index contributed by atoms with van der Waals surface area (Å²) in [6, 6.07) is 25.3. The van der Waals surface area contributed by atoms with E-state index < -0.39 is 6.29 Å².